The first-order chi connectivity index (χ1) is 24.6. The molecule has 8 nitrogen and oxygen atoms in total. The maximum Gasteiger partial charge on any atom is 0.306 e. The summed E-state index contributed by atoms with van der Waals surface area (Å²) >= 11 is 0. The number of likely N-dealkylation sites (N-methyl/N-ethyl adjacent to an activating group) is 1. The number of allylic oxidation sites excluding steroid dienone is 2. The molecular weight excluding hydrogens is 661 g/mol. The van der Waals surface area contributed by atoms with E-state index in [0.717, 1.165) is 19.3 Å². The molecule has 51 heavy (non-hydrogen) atoms. The van der Waals surface area contributed by atoms with E-state index in [-0.39, 0.29) is 32.2 Å². The highest BCUT2D eigenvalue weighted by Gasteiger charge is 2.20. The fourth-order valence-corrected chi connectivity index (χ4v) is 6.70. The second kappa shape index (κ2) is 36.2. The van der Waals surface area contributed by atoms with Gasteiger partial charge in [-0.05, 0) is 25.7 Å². The molecule has 0 aromatic carbocycles. The maximum absolute atomic E-state index is 12.6. The standard InChI is InChI=1S/C42H84NO7P/c1-6-8-10-12-14-16-18-20-22-23-25-27-29-31-33-35-42(44)50-41(40-49-51(45,46)48-38-36-43(3,4)5)39-47-37-34-32-30-28-26-24-21-19-17-15-13-11-9-7-2/h29,31,41H,6-28,30,32-40H2,1-5H3. The van der Waals surface area contributed by atoms with Crippen molar-refractivity contribution in [3.8, 4) is 0 Å². The molecule has 0 amide bonds. The number of hydrogen-bond donors (Lipinski definition) is 0. The Bertz CT molecular complexity index is 833. The summed E-state index contributed by atoms with van der Waals surface area (Å²) in [6, 6.07) is 0. The highest BCUT2D eigenvalue weighted by Crippen LogP contribution is 2.38. The van der Waals surface area contributed by atoms with E-state index in [1.807, 2.05) is 27.2 Å². The second-order valence-corrected chi connectivity index (χ2v) is 17.1. The zero-order valence-corrected chi connectivity index (χ0v) is 35.2. The minimum atomic E-state index is -4.52. The van der Waals surface area contributed by atoms with Crippen LogP contribution < -0.4 is 4.89 Å². The van der Waals surface area contributed by atoms with Crippen LogP contribution in [0.4, 0.5) is 0 Å². The van der Waals surface area contributed by atoms with Crippen molar-refractivity contribution in [2.45, 2.75) is 200 Å². The van der Waals surface area contributed by atoms with Gasteiger partial charge in [-0.25, -0.2) is 0 Å². The number of phosphoric ester groups is 1. The lowest BCUT2D eigenvalue weighted by Crippen LogP contribution is -2.37. The van der Waals surface area contributed by atoms with Crippen LogP contribution in [-0.4, -0.2) is 70.7 Å². The monoisotopic (exact) mass is 746 g/mol. The summed E-state index contributed by atoms with van der Waals surface area (Å²) in [4.78, 5) is 25.0. The summed E-state index contributed by atoms with van der Waals surface area (Å²) < 4.78 is 34.5. The number of hydrogen-bond acceptors (Lipinski definition) is 7. The van der Waals surface area contributed by atoms with Crippen LogP contribution in [0.1, 0.15) is 194 Å². The van der Waals surface area contributed by atoms with Gasteiger partial charge in [0, 0.05) is 13.0 Å². The lowest BCUT2D eigenvalue weighted by molar-refractivity contribution is -0.870. The Morgan fingerprint density at radius 1 is 0.588 bits per heavy atom. The zero-order valence-electron chi connectivity index (χ0n) is 34.3. The summed E-state index contributed by atoms with van der Waals surface area (Å²) in [6.45, 7) is 5.39. The minimum absolute atomic E-state index is 0.0237. The first-order valence-corrected chi connectivity index (χ1v) is 22.9. The SMILES string of the molecule is CCCCCCCCCCCCCC=CCCC(=O)OC(COCCCCCCCCCCCCCCCC)COP(=O)([O-])OCC[N+](C)(C)C. The van der Waals surface area contributed by atoms with Crippen molar-refractivity contribution in [2.24, 2.45) is 0 Å². The molecule has 0 saturated heterocycles. The molecule has 0 aliphatic carbocycles. The van der Waals surface area contributed by atoms with Gasteiger partial charge < -0.3 is 27.9 Å². The molecule has 9 heteroatoms. The molecular formula is C42H84NO7P. The van der Waals surface area contributed by atoms with E-state index in [1.165, 1.54) is 148 Å². The summed E-state index contributed by atoms with van der Waals surface area (Å²) in [7, 11) is 1.35. The predicted octanol–water partition coefficient (Wildman–Crippen LogP) is 11.6. The molecule has 0 fully saturated rings. The van der Waals surface area contributed by atoms with E-state index in [2.05, 4.69) is 19.9 Å². The second-order valence-electron chi connectivity index (χ2n) is 15.7. The van der Waals surface area contributed by atoms with Crippen molar-refractivity contribution in [2.75, 3.05) is 54.1 Å². The fourth-order valence-electron chi connectivity index (χ4n) is 5.98. The van der Waals surface area contributed by atoms with E-state index >= 15 is 0 Å². The van der Waals surface area contributed by atoms with Crippen molar-refractivity contribution >= 4 is 13.8 Å². The normalized spacial score (nSPS) is 13.9. The third-order valence-corrected chi connectivity index (χ3v) is 10.3. The average molecular weight is 746 g/mol. The summed E-state index contributed by atoms with van der Waals surface area (Å²) in [5.41, 5.74) is 0. The van der Waals surface area contributed by atoms with Crippen molar-refractivity contribution in [3.05, 3.63) is 12.2 Å². The Morgan fingerprint density at radius 3 is 1.49 bits per heavy atom. The molecule has 0 aromatic heterocycles. The van der Waals surface area contributed by atoms with Gasteiger partial charge >= 0.3 is 5.97 Å². The molecule has 0 aromatic rings. The van der Waals surface area contributed by atoms with Crippen LogP contribution in [0.5, 0.6) is 0 Å². The Labute approximate surface area is 316 Å². The topological polar surface area (TPSA) is 94.1 Å². The third-order valence-electron chi connectivity index (χ3n) is 9.33. The van der Waals surface area contributed by atoms with Gasteiger partial charge in [0.15, 0.2) is 0 Å². The summed E-state index contributed by atoms with van der Waals surface area (Å²) in [5, 5.41) is 0. The molecule has 2 atom stereocenters. The number of esters is 1. The molecule has 0 spiro atoms. The number of unbranched alkanes of at least 4 members (excludes halogenated alkanes) is 24. The first-order valence-electron chi connectivity index (χ1n) is 21.4. The smallest absolute Gasteiger partial charge is 0.306 e. The molecule has 0 rings (SSSR count). The average Bonchev–Trinajstić information content (AvgIpc) is 3.08. The van der Waals surface area contributed by atoms with Gasteiger partial charge in [-0.3, -0.25) is 9.36 Å². The highest BCUT2D eigenvalue weighted by molar-refractivity contribution is 7.45. The Morgan fingerprint density at radius 2 is 1.02 bits per heavy atom. The molecule has 0 bridgehead atoms. The van der Waals surface area contributed by atoms with Crippen molar-refractivity contribution in [3.63, 3.8) is 0 Å². The number of carbonyl (C=O) groups is 1. The van der Waals surface area contributed by atoms with E-state index in [0.29, 0.717) is 24.1 Å². The number of nitrogens with zero attached hydrogens (tertiary/aromatic N) is 1. The zero-order chi connectivity index (χ0) is 37.7. The Balaban J connectivity index is 4.27. The number of ether oxygens (including phenoxy) is 2. The highest BCUT2D eigenvalue weighted by atomic mass is 31.2. The lowest BCUT2D eigenvalue weighted by atomic mass is 10.0. The quantitative estimate of drug-likeness (QED) is 0.0203. The Kier molecular flexibility index (Phi) is 35.7. The summed E-state index contributed by atoms with van der Waals surface area (Å²) in [6.07, 6.45) is 38.0. The molecule has 0 aliphatic heterocycles. The molecule has 0 heterocycles. The summed E-state index contributed by atoms with van der Waals surface area (Å²) in [5.74, 6) is -0.380. The Hall–Kier alpha value is -0.760. The van der Waals surface area contributed by atoms with Gasteiger partial charge in [-0.15, -0.1) is 0 Å². The van der Waals surface area contributed by atoms with Crippen molar-refractivity contribution in [1.82, 2.24) is 0 Å². The number of phosphoric acid groups is 1. The third kappa shape index (κ3) is 40.3. The largest absolute Gasteiger partial charge is 0.756 e. The van der Waals surface area contributed by atoms with Gasteiger partial charge in [0.1, 0.15) is 19.3 Å². The van der Waals surface area contributed by atoms with Gasteiger partial charge in [-0.1, -0.05) is 174 Å². The molecule has 304 valence electrons. The van der Waals surface area contributed by atoms with E-state index in [4.69, 9.17) is 18.5 Å². The van der Waals surface area contributed by atoms with Gasteiger partial charge in [0.2, 0.25) is 0 Å². The van der Waals surface area contributed by atoms with Gasteiger partial charge in [0.25, 0.3) is 7.82 Å². The molecule has 2 unspecified atom stereocenters. The lowest BCUT2D eigenvalue weighted by Gasteiger charge is -2.28. The van der Waals surface area contributed by atoms with Crippen LogP contribution >= 0.6 is 7.82 Å². The number of rotatable bonds is 40. The van der Waals surface area contributed by atoms with Crippen LogP contribution in [0.25, 0.3) is 0 Å². The molecule has 0 radical (unpaired) electrons. The predicted molar refractivity (Wildman–Crippen MR) is 213 cm³/mol. The number of carbonyl (C=O) groups excluding carboxylic acids is 1. The van der Waals surface area contributed by atoms with E-state index in [1.54, 1.807) is 0 Å². The maximum atomic E-state index is 12.6. The van der Waals surface area contributed by atoms with E-state index < -0.39 is 13.9 Å². The van der Waals surface area contributed by atoms with Gasteiger partial charge in [0.05, 0.1) is 34.4 Å². The van der Waals surface area contributed by atoms with Crippen LogP contribution in [-0.2, 0) is 27.9 Å². The van der Waals surface area contributed by atoms with Crippen molar-refractivity contribution < 1.29 is 37.3 Å². The molecule has 0 saturated carbocycles. The fraction of sp³-hybridized carbons (Fsp3) is 0.929. The molecule has 0 N–H and O–H groups in total. The van der Waals surface area contributed by atoms with Gasteiger partial charge in [-0.2, -0.15) is 0 Å². The first kappa shape index (κ1) is 50.2. The van der Waals surface area contributed by atoms with Crippen LogP contribution in [0.2, 0.25) is 0 Å². The van der Waals surface area contributed by atoms with Crippen LogP contribution in [0.15, 0.2) is 12.2 Å². The van der Waals surface area contributed by atoms with Crippen LogP contribution in [0, 0.1) is 0 Å². The van der Waals surface area contributed by atoms with Crippen molar-refractivity contribution in [1.29, 1.82) is 0 Å². The minimum Gasteiger partial charge on any atom is -0.756 e. The van der Waals surface area contributed by atoms with E-state index in [9.17, 15) is 14.3 Å². The molecule has 0 aliphatic rings. The number of quaternary nitrogens is 1. The van der Waals surface area contributed by atoms with Crippen LogP contribution in [0.3, 0.4) is 0 Å².